The Morgan fingerprint density at radius 2 is 0.851 bits per heavy atom. The van der Waals surface area contributed by atoms with E-state index in [4.69, 9.17) is 9.47 Å². The Morgan fingerprint density at radius 1 is 0.468 bits per heavy atom. The maximum Gasteiger partial charge on any atom is 0.127 e. The van der Waals surface area contributed by atoms with Crippen LogP contribution in [0.1, 0.15) is 36.1 Å². The van der Waals surface area contributed by atoms with Gasteiger partial charge in [-0.15, -0.1) is 0 Å². The van der Waals surface area contributed by atoms with Gasteiger partial charge >= 0.3 is 0 Å². The molecular weight excluding hydrogens is 580 g/mol. The molecule has 2 N–H and O–H groups in total. The number of hydrogen-bond acceptors (Lipinski definition) is 4. The third-order valence-electron chi connectivity index (χ3n) is 8.91. The van der Waals surface area contributed by atoms with Gasteiger partial charge < -0.3 is 19.7 Å². The molecular formula is C43H38O4. The minimum absolute atomic E-state index is 0.173. The van der Waals surface area contributed by atoms with Crippen LogP contribution >= 0.6 is 0 Å². The number of aliphatic hydroxyl groups is 2. The lowest BCUT2D eigenvalue weighted by atomic mass is 9.67. The molecule has 4 heteroatoms. The van der Waals surface area contributed by atoms with E-state index in [9.17, 15) is 10.2 Å². The van der Waals surface area contributed by atoms with Crippen LogP contribution < -0.4 is 9.47 Å². The number of aliphatic hydroxyl groups excluding tert-OH is 2. The second kappa shape index (κ2) is 12.9. The van der Waals surface area contributed by atoms with E-state index in [-0.39, 0.29) is 13.2 Å². The third-order valence-corrected chi connectivity index (χ3v) is 8.91. The first-order chi connectivity index (χ1) is 23.0. The normalized spacial score (nSPS) is 14.1. The molecule has 0 saturated heterocycles. The summed E-state index contributed by atoms with van der Waals surface area (Å²) in [7, 11) is 0. The van der Waals surface area contributed by atoms with E-state index in [0.717, 1.165) is 33.4 Å². The van der Waals surface area contributed by atoms with Gasteiger partial charge in [0.1, 0.15) is 24.7 Å². The molecule has 1 aliphatic carbocycles. The molecule has 0 heterocycles. The van der Waals surface area contributed by atoms with Crippen LogP contribution in [-0.2, 0) is 5.41 Å². The number of fused-ring (bicyclic) bond motifs is 3. The summed E-state index contributed by atoms with van der Waals surface area (Å²) in [6.45, 7) is 3.82. The van der Waals surface area contributed by atoms with Gasteiger partial charge in [0.05, 0.1) is 17.6 Å². The Labute approximate surface area is 276 Å². The summed E-state index contributed by atoms with van der Waals surface area (Å²) >= 11 is 0. The average molecular weight is 619 g/mol. The molecule has 2 atom stereocenters. The van der Waals surface area contributed by atoms with Crippen LogP contribution in [0.5, 0.6) is 11.5 Å². The lowest BCUT2D eigenvalue weighted by Gasteiger charge is -2.35. The van der Waals surface area contributed by atoms with Crippen LogP contribution in [0.15, 0.2) is 146 Å². The summed E-state index contributed by atoms with van der Waals surface area (Å²) in [4.78, 5) is 0. The van der Waals surface area contributed by atoms with Crippen LogP contribution in [0.3, 0.4) is 0 Å². The number of ether oxygens (including phenoxy) is 2. The molecule has 6 aromatic rings. The second-order valence-corrected chi connectivity index (χ2v) is 12.3. The van der Waals surface area contributed by atoms with Gasteiger partial charge in [0, 0.05) is 11.1 Å². The van der Waals surface area contributed by atoms with Gasteiger partial charge in [0.25, 0.3) is 0 Å². The van der Waals surface area contributed by atoms with Crippen molar-refractivity contribution in [2.45, 2.75) is 31.5 Å². The van der Waals surface area contributed by atoms with Crippen LogP contribution in [0.4, 0.5) is 0 Å². The van der Waals surface area contributed by atoms with E-state index in [0.29, 0.717) is 11.5 Å². The molecule has 0 aromatic heterocycles. The molecule has 0 fully saturated rings. The van der Waals surface area contributed by atoms with E-state index in [1.54, 1.807) is 13.8 Å². The highest BCUT2D eigenvalue weighted by molar-refractivity contribution is 5.87. The fourth-order valence-electron chi connectivity index (χ4n) is 6.91. The summed E-state index contributed by atoms with van der Waals surface area (Å²) in [5.41, 5.74) is 10.1. The lowest BCUT2D eigenvalue weighted by molar-refractivity contribution is 0.123. The molecule has 0 saturated carbocycles. The van der Waals surface area contributed by atoms with Crippen molar-refractivity contribution in [1.29, 1.82) is 0 Å². The molecule has 0 bridgehead atoms. The SMILES string of the molecule is CC(O)COc1cc(C2(c3ccc(-c4ccccc4)c(OCC(C)O)c3)c3ccccc3-c3ccccc32)ccc1-c1ccccc1. The van der Waals surface area contributed by atoms with Gasteiger partial charge in [0.2, 0.25) is 0 Å². The Kier molecular flexibility index (Phi) is 8.38. The van der Waals surface area contributed by atoms with Gasteiger partial charge in [-0.05, 0) is 70.5 Å². The van der Waals surface area contributed by atoms with Crippen molar-refractivity contribution in [3.63, 3.8) is 0 Å². The summed E-state index contributed by atoms with van der Waals surface area (Å²) in [5.74, 6) is 1.42. The largest absolute Gasteiger partial charge is 0.490 e. The number of benzene rings is 6. The monoisotopic (exact) mass is 618 g/mol. The van der Waals surface area contributed by atoms with Crippen molar-refractivity contribution in [2.24, 2.45) is 0 Å². The quantitative estimate of drug-likeness (QED) is 0.161. The standard InChI is InChI=1S/C43H38O4/c1-29(44)27-46-41-25-33(21-23-35(41)31-13-5-3-6-14-31)43(39-19-11-9-17-37(39)38-18-10-12-20-40(38)43)34-22-24-36(32-15-7-4-8-16-32)42(26-34)47-28-30(2)45/h3-26,29-30,44-45H,27-28H2,1-2H3. The predicted molar refractivity (Wildman–Crippen MR) is 189 cm³/mol. The van der Waals surface area contributed by atoms with Crippen molar-refractivity contribution in [3.8, 4) is 44.9 Å². The van der Waals surface area contributed by atoms with Crippen LogP contribution in [0.2, 0.25) is 0 Å². The zero-order chi connectivity index (χ0) is 32.4. The smallest absolute Gasteiger partial charge is 0.127 e. The topological polar surface area (TPSA) is 58.9 Å². The van der Waals surface area contributed by atoms with Gasteiger partial charge in [-0.2, -0.15) is 0 Å². The minimum Gasteiger partial charge on any atom is -0.490 e. The molecule has 4 nitrogen and oxygen atoms in total. The van der Waals surface area contributed by atoms with Crippen molar-refractivity contribution in [2.75, 3.05) is 13.2 Å². The third kappa shape index (κ3) is 5.61. The Bertz CT molecular complexity index is 1850. The first-order valence-electron chi connectivity index (χ1n) is 16.2. The molecule has 1 aliphatic rings. The second-order valence-electron chi connectivity index (χ2n) is 12.3. The Balaban J connectivity index is 1.52. The molecule has 0 radical (unpaired) electrons. The maximum atomic E-state index is 10.2. The zero-order valence-corrected chi connectivity index (χ0v) is 26.6. The van der Waals surface area contributed by atoms with E-state index in [1.807, 2.05) is 36.4 Å². The number of rotatable bonds is 10. The first-order valence-corrected chi connectivity index (χ1v) is 16.2. The van der Waals surface area contributed by atoms with Crippen LogP contribution in [-0.4, -0.2) is 35.6 Å². The molecule has 0 amide bonds. The molecule has 47 heavy (non-hydrogen) atoms. The van der Waals surface area contributed by atoms with Crippen molar-refractivity contribution >= 4 is 0 Å². The number of hydrogen-bond donors (Lipinski definition) is 2. The summed E-state index contributed by atoms with van der Waals surface area (Å²) < 4.78 is 12.7. The van der Waals surface area contributed by atoms with E-state index in [1.165, 1.54) is 22.3 Å². The zero-order valence-electron chi connectivity index (χ0n) is 26.6. The van der Waals surface area contributed by atoms with Crippen molar-refractivity contribution in [1.82, 2.24) is 0 Å². The van der Waals surface area contributed by atoms with Gasteiger partial charge in [-0.1, -0.05) is 133 Å². The minimum atomic E-state index is -0.705. The Morgan fingerprint density at radius 3 is 1.26 bits per heavy atom. The van der Waals surface area contributed by atoms with Gasteiger partial charge in [-0.25, -0.2) is 0 Å². The van der Waals surface area contributed by atoms with Gasteiger partial charge in [0.15, 0.2) is 0 Å². The average Bonchev–Trinajstić information content (AvgIpc) is 3.41. The maximum absolute atomic E-state index is 10.2. The van der Waals surface area contributed by atoms with Gasteiger partial charge in [-0.3, -0.25) is 0 Å². The first kappa shape index (κ1) is 30.5. The lowest BCUT2D eigenvalue weighted by Crippen LogP contribution is -2.29. The van der Waals surface area contributed by atoms with Crippen molar-refractivity contribution in [3.05, 3.63) is 168 Å². The molecule has 6 aromatic carbocycles. The van der Waals surface area contributed by atoms with Crippen LogP contribution in [0.25, 0.3) is 33.4 Å². The highest BCUT2D eigenvalue weighted by Gasteiger charge is 2.46. The van der Waals surface area contributed by atoms with E-state index >= 15 is 0 Å². The highest BCUT2D eigenvalue weighted by atomic mass is 16.5. The van der Waals surface area contributed by atoms with Crippen LogP contribution in [0, 0.1) is 0 Å². The predicted octanol–water partition coefficient (Wildman–Crippen LogP) is 8.90. The summed E-state index contributed by atoms with van der Waals surface area (Å²) in [5, 5.41) is 20.5. The fourth-order valence-corrected chi connectivity index (χ4v) is 6.91. The van der Waals surface area contributed by atoms with E-state index < -0.39 is 17.6 Å². The highest BCUT2D eigenvalue weighted by Crippen LogP contribution is 2.57. The molecule has 2 unspecified atom stereocenters. The summed E-state index contributed by atoms with van der Waals surface area (Å²) in [6.07, 6.45) is -1.24. The molecule has 234 valence electrons. The molecule has 0 aliphatic heterocycles. The van der Waals surface area contributed by atoms with E-state index in [2.05, 4.69) is 109 Å². The summed E-state index contributed by atoms with van der Waals surface area (Å²) in [6, 6.07) is 50.6. The molecule has 7 rings (SSSR count). The molecule has 0 spiro atoms. The fraction of sp³-hybridized carbons (Fsp3) is 0.163. The Hall–Kier alpha value is -5.16. The van der Waals surface area contributed by atoms with Crippen molar-refractivity contribution < 1.29 is 19.7 Å².